The van der Waals surface area contributed by atoms with Crippen LogP contribution in [0.15, 0.2) is 48.5 Å². The highest BCUT2D eigenvalue weighted by molar-refractivity contribution is 7.88. The first-order valence-electron chi connectivity index (χ1n) is 7.35. The summed E-state index contributed by atoms with van der Waals surface area (Å²) in [5.41, 5.74) is 0.539. The van der Waals surface area contributed by atoms with E-state index < -0.39 is 21.8 Å². The van der Waals surface area contributed by atoms with Crippen molar-refractivity contribution in [2.24, 2.45) is 0 Å². The third-order valence-corrected chi connectivity index (χ3v) is 4.57. The fourth-order valence-corrected chi connectivity index (χ4v) is 3.21. The highest BCUT2D eigenvalue weighted by Crippen LogP contribution is 2.31. The average Bonchev–Trinajstić information content (AvgIpc) is 2.50. The van der Waals surface area contributed by atoms with Crippen molar-refractivity contribution in [3.05, 3.63) is 70.8 Å². The lowest BCUT2D eigenvalue weighted by atomic mass is 10.1. The molecule has 2 aromatic carbocycles. The van der Waals surface area contributed by atoms with Crippen LogP contribution in [0.5, 0.6) is 0 Å². The van der Waals surface area contributed by atoms with E-state index in [1.807, 2.05) is 13.0 Å². The van der Waals surface area contributed by atoms with E-state index in [0.29, 0.717) is 5.56 Å². The number of aryl methyl sites for hydroxylation is 1. The number of nitrogens with one attached hydrogen (secondary N) is 1. The SMILES string of the molecule is Cc1cccc(CS(=O)(=O)NCC#Cc2ccccc2C(F)(F)F)c1. The van der Waals surface area contributed by atoms with Gasteiger partial charge in [0, 0.05) is 5.56 Å². The van der Waals surface area contributed by atoms with Crippen LogP contribution in [-0.4, -0.2) is 15.0 Å². The van der Waals surface area contributed by atoms with Gasteiger partial charge in [-0.05, 0) is 24.6 Å². The van der Waals surface area contributed by atoms with Crippen molar-refractivity contribution in [3.8, 4) is 11.8 Å². The van der Waals surface area contributed by atoms with Crippen molar-refractivity contribution in [3.63, 3.8) is 0 Å². The zero-order chi connectivity index (χ0) is 18.5. The Morgan fingerprint density at radius 1 is 1.08 bits per heavy atom. The van der Waals surface area contributed by atoms with Crippen molar-refractivity contribution in [1.29, 1.82) is 0 Å². The summed E-state index contributed by atoms with van der Waals surface area (Å²) in [5.74, 6) is 4.58. The first-order chi connectivity index (χ1) is 11.7. The molecule has 25 heavy (non-hydrogen) atoms. The van der Waals surface area contributed by atoms with Crippen LogP contribution in [-0.2, 0) is 22.0 Å². The maximum absolute atomic E-state index is 12.8. The first-order valence-corrected chi connectivity index (χ1v) is 9.00. The topological polar surface area (TPSA) is 46.2 Å². The van der Waals surface area contributed by atoms with Crippen LogP contribution < -0.4 is 4.72 Å². The number of halogens is 3. The molecule has 0 fully saturated rings. The van der Waals surface area contributed by atoms with Crippen LogP contribution in [0.3, 0.4) is 0 Å². The summed E-state index contributed by atoms with van der Waals surface area (Å²) in [6, 6.07) is 12.0. The number of hydrogen-bond acceptors (Lipinski definition) is 2. The molecule has 0 aliphatic carbocycles. The van der Waals surface area contributed by atoms with Gasteiger partial charge in [-0.15, -0.1) is 0 Å². The van der Waals surface area contributed by atoms with Gasteiger partial charge in [-0.1, -0.05) is 53.8 Å². The van der Waals surface area contributed by atoms with Gasteiger partial charge in [-0.3, -0.25) is 0 Å². The third kappa shape index (κ3) is 5.93. The van der Waals surface area contributed by atoms with E-state index in [1.165, 1.54) is 18.2 Å². The lowest BCUT2D eigenvalue weighted by Crippen LogP contribution is -2.25. The summed E-state index contributed by atoms with van der Waals surface area (Å²) < 4.78 is 64.8. The van der Waals surface area contributed by atoms with Crippen LogP contribution in [0, 0.1) is 18.8 Å². The van der Waals surface area contributed by atoms with Gasteiger partial charge in [0.15, 0.2) is 0 Å². The molecule has 0 saturated heterocycles. The third-order valence-electron chi connectivity index (χ3n) is 3.28. The second kappa shape index (κ2) is 7.72. The summed E-state index contributed by atoms with van der Waals surface area (Å²) in [4.78, 5) is 0. The van der Waals surface area contributed by atoms with E-state index >= 15 is 0 Å². The Morgan fingerprint density at radius 3 is 2.48 bits per heavy atom. The number of sulfonamides is 1. The molecule has 2 rings (SSSR count). The monoisotopic (exact) mass is 367 g/mol. The molecule has 3 nitrogen and oxygen atoms in total. The molecule has 0 aliphatic rings. The molecule has 0 heterocycles. The minimum Gasteiger partial charge on any atom is -0.212 e. The zero-order valence-electron chi connectivity index (χ0n) is 13.4. The smallest absolute Gasteiger partial charge is 0.212 e. The Morgan fingerprint density at radius 2 is 1.80 bits per heavy atom. The maximum atomic E-state index is 12.8. The molecule has 0 unspecified atom stereocenters. The zero-order valence-corrected chi connectivity index (χ0v) is 14.2. The highest BCUT2D eigenvalue weighted by atomic mass is 32.2. The predicted molar refractivity (Wildman–Crippen MR) is 90.1 cm³/mol. The van der Waals surface area contributed by atoms with E-state index in [-0.39, 0.29) is 17.9 Å². The standard InChI is InChI=1S/C18H16F3NO2S/c1-14-6-4-7-15(12-14)13-25(23,24)22-11-5-9-16-8-2-3-10-17(16)18(19,20)21/h2-4,6-8,10,12,22H,11,13H2,1H3. The highest BCUT2D eigenvalue weighted by Gasteiger charge is 2.32. The van der Waals surface area contributed by atoms with Crippen molar-refractivity contribution in [2.75, 3.05) is 6.54 Å². The van der Waals surface area contributed by atoms with Gasteiger partial charge in [0.25, 0.3) is 0 Å². The molecule has 0 radical (unpaired) electrons. The van der Waals surface area contributed by atoms with Crippen LogP contribution in [0.1, 0.15) is 22.3 Å². The van der Waals surface area contributed by atoms with Gasteiger partial charge in [0.05, 0.1) is 17.9 Å². The minimum absolute atomic E-state index is 0.187. The number of benzene rings is 2. The second-order valence-corrected chi connectivity index (χ2v) is 7.22. The average molecular weight is 367 g/mol. The molecule has 0 bridgehead atoms. The molecular weight excluding hydrogens is 351 g/mol. The molecule has 0 aromatic heterocycles. The summed E-state index contributed by atoms with van der Waals surface area (Å²) in [5, 5.41) is 0. The quantitative estimate of drug-likeness (QED) is 0.841. The summed E-state index contributed by atoms with van der Waals surface area (Å²) >= 11 is 0. The molecule has 132 valence electrons. The first kappa shape index (κ1) is 19.0. The van der Waals surface area contributed by atoms with Gasteiger partial charge < -0.3 is 0 Å². The van der Waals surface area contributed by atoms with Gasteiger partial charge in [-0.2, -0.15) is 13.2 Å². The van der Waals surface area contributed by atoms with Crippen LogP contribution in [0.4, 0.5) is 13.2 Å². The fraction of sp³-hybridized carbons (Fsp3) is 0.222. The molecule has 1 N–H and O–H groups in total. The second-order valence-electron chi connectivity index (χ2n) is 5.41. The van der Waals surface area contributed by atoms with Crippen molar-refractivity contribution >= 4 is 10.0 Å². The molecule has 0 amide bonds. The number of alkyl halides is 3. The lowest BCUT2D eigenvalue weighted by molar-refractivity contribution is -0.137. The lowest BCUT2D eigenvalue weighted by Gasteiger charge is -2.08. The molecular formula is C18H16F3NO2S. The predicted octanol–water partition coefficient (Wildman–Crippen LogP) is 3.48. The number of rotatable bonds is 4. The summed E-state index contributed by atoms with van der Waals surface area (Å²) in [6.45, 7) is 1.59. The van der Waals surface area contributed by atoms with E-state index in [0.717, 1.165) is 11.6 Å². The Labute approximate surface area is 144 Å². The van der Waals surface area contributed by atoms with Crippen LogP contribution in [0.25, 0.3) is 0 Å². The van der Waals surface area contributed by atoms with E-state index in [4.69, 9.17) is 0 Å². The van der Waals surface area contributed by atoms with Gasteiger partial charge in [0.2, 0.25) is 10.0 Å². The minimum atomic E-state index is -4.50. The fourth-order valence-electron chi connectivity index (χ4n) is 2.20. The molecule has 0 spiro atoms. The van der Waals surface area contributed by atoms with Crippen molar-refractivity contribution < 1.29 is 21.6 Å². The van der Waals surface area contributed by atoms with Gasteiger partial charge in [-0.25, -0.2) is 13.1 Å². The van der Waals surface area contributed by atoms with Gasteiger partial charge >= 0.3 is 6.18 Å². The van der Waals surface area contributed by atoms with E-state index in [1.54, 1.807) is 18.2 Å². The molecule has 0 atom stereocenters. The normalized spacial score (nSPS) is 11.7. The number of hydrogen-bond donors (Lipinski definition) is 1. The molecule has 0 aliphatic heterocycles. The summed E-state index contributed by atoms with van der Waals surface area (Å²) in [6.07, 6.45) is -4.50. The largest absolute Gasteiger partial charge is 0.417 e. The van der Waals surface area contributed by atoms with E-state index in [2.05, 4.69) is 16.6 Å². The molecule has 7 heteroatoms. The van der Waals surface area contributed by atoms with E-state index in [9.17, 15) is 21.6 Å². The molecule has 0 saturated carbocycles. The van der Waals surface area contributed by atoms with Crippen molar-refractivity contribution in [2.45, 2.75) is 18.9 Å². The van der Waals surface area contributed by atoms with Crippen LogP contribution >= 0.6 is 0 Å². The maximum Gasteiger partial charge on any atom is 0.417 e. The Balaban J connectivity index is 2.03. The Bertz CT molecular complexity index is 910. The molecule has 2 aromatic rings. The Kier molecular flexibility index (Phi) is 5.88. The van der Waals surface area contributed by atoms with Crippen LogP contribution in [0.2, 0.25) is 0 Å². The van der Waals surface area contributed by atoms with Crippen molar-refractivity contribution in [1.82, 2.24) is 4.72 Å². The van der Waals surface area contributed by atoms with Gasteiger partial charge in [0.1, 0.15) is 0 Å². The Hall–Kier alpha value is -2.30. The summed E-state index contributed by atoms with van der Waals surface area (Å²) in [7, 11) is -3.62.